The van der Waals surface area contributed by atoms with Crippen molar-refractivity contribution in [1.29, 1.82) is 0 Å². The van der Waals surface area contributed by atoms with Crippen LogP contribution in [-0.4, -0.2) is 32.8 Å². The Morgan fingerprint density at radius 3 is 2.16 bits per heavy atom. The molecule has 2 aromatic carbocycles. The van der Waals surface area contributed by atoms with E-state index in [4.69, 9.17) is 0 Å². The number of benzene rings is 2. The van der Waals surface area contributed by atoms with Crippen LogP contribution in [0.3, 0.4) is 0 Å². The van der Waals surface area contributed by atoms with E-state index in [0.717, 1.165) is 28.8 Å². The summed E-state index contributed by atoms with van der Waals surface area (Å²) in [6.07, 6.45) is 0. The largest absolute Gasteiger partial charge is 0.346 e. The van der Waals surface area contributed by atoms with Gasteiger partial charge in [-0.3, -0.25) is 9.59 Å². The van der Waals surface area contributed by atoms with Crippen molar-refractivity contribution >= 4 is 27.5 Å². The molecule has 2 amide bonds. The van der Waals surface area contributed by atoms with Crippen LogP contribution in [0.25, 0.3) is 0 Å². The summed E-state index contributed by atoms with van der Waals surface area (Å²) in [5.41, 5.74) is 3.54. The number of carbonyl (C=O) groups excluding carboxylic acids is 2. The van der Waals surface area contributed by atoms with Gasteiger partial charge in [-0.25, -0.2) is 12.8 Å². The number of amides is 2. The fraction of sp³-hybridized carbons (Fsp3) is 0.364. The van der Waals surface area contributed by atoms with E-state index in [0.29, 0.717) is 5.69 Å². The lowest BCUT2D eigenvalue weighted by molar-refractivity contribution is -0.126. The van der Waals surface area contributed by atoms with Gasteiger partial charge in [0.05, 0.1) is 6.54 Å². The maximum atomic E-state index is 13.9. The molecule has 2 rings (SSSR count). The van der Waals surface area contributed by atoms with Crippen molar-refractivity contribution in [3.63, 3.8) is 0 Å². The topological polar surface area (TPSA) is 104 Å². The smallest absolute Gasteiger partial charge is 0.244 e. The highest BCUT2D eigenvalue weighted by atomic mass is 32.2. The highest BCUT2D eigenvalue weighted by Crippen LogP contribution is 2.21. The lowest BCUT2D eigenvalue weighted by atomic mass is 10.0. The zero-order valence-electron chi connectivity index (χ0n) is 18.2. The first-order valence-electron chi connectivity index (χ1n) is 9.84. The van der Waals surface area contributed by atoms with E-state index in [1.54, 1.807) is 13.8 Å². The lowest BCUT2D eigenvalue weighted by Gasteiger charge is -2.22. The number of hydrogen-bond donors (Lipinski definition) is 3. The van der Waals surface area contributed by atoms with E-state index < -0.39 is 44.5 Å². The van der Waals surface area contributed by atoms with E-state index in [2.05, 4.69) is 15.4 Å². The first-order valence-corrected chi connectivity index (χ1v) is 11.3. The number of rotatable bonds is 8. The summed E-state index contributed by atoms with van der Waals surface area (Å²) in [6.45, 7) is 8.66. The third-order valence-corrected chi connectivity index (χ3v) is 6.20. The second-order valence-electron chi connectivity index (χ2n) is 7.81. The third kappa shape index (κ3) is 6.35. The minimum atomic E-state index is -4.27. The van der Waals surface area contributed by atoms with Gasteiger partial charge in [0.1, 0.15) is 16.8 Å². The number of halogens is 1. The van der Waals surface area contributed by atoms with Gasteiger partial charge in [0.15, 0.2) is 0 Å². The second kappa shape index (κ2) is 10.0. The molecule has 0 aliphatic rings. The van der Waals surface area contributed by atoms with Crippen LogP contribution in [0, 0.1) is 32.5 Å². The Bertz CT molecular complexity index is 1060. The van der Waals surface area contributed by atoms with Gasteiger partial charge in [-0.1, -0.05) is 43.7 Å². The number of carbonyl (C=O) groups is 2. The van der Waals surface area contributed by atoms with Gasteiger partial charge in [0, 0.05) is 5.69 Å². The van der Waals surface area contributed by atoms with E-state index in [-0.39, 0.29) is 6.54 Å². The summed E-state index contributed by atoms with van der Waals surface area (Å²) in [7, 11) is -4.27. The van der Waals surface area contributed by atoms with Crippen LogP contribution in [0.5, 0.6) is 0 Å². The van der Waals surface area contributed by atoms with Gasteiger partial charge >= 0.3 is 0 Å². The highest BCUT2D eigenvalue weighted by Gasteiger charge is 2.30. The first kappa shape index (κ1) is 24.5. The van der Waals surface area contributed by atoms with Crippen molar-refractivity contribution in [3.8, 4) is 0 Å². The number of hydrogen-bond acceptors (Lipinski definition) is 4. The molecule has 0 aliphatic heterocycles. The predicted octanol–water partition coefficient (Wildman–Crippen LogP) is 2.81. The van der Waals surface area contributed by atoms with Crippen LogP contribution in [0.15, 0.2) is 41.3 Å². The zero-order valence-corrected chi connectivity index (χ0v) is 19.1. The summed E-state index contributed by atoms with van der Waals surface area (Å²) in [6, 6.07) is 7.60. The molecule has 7 nitrogen and oxygen atoms in total. The van der Waals surface area contributed by atoms with Crippen molar-refractivity contribution in [2.24, 2.45) is 5.92 Å². The third-order valence-electron chi connectivity index (χ3n) is 4.72. The lowest BCUT2D eigenvalue weighted by Crippen LogP contribution is -2.51. The van der Waals surface area contributed by atoms with Crippen molar-refractivity contribution < 1.29 is 22.4 Å². The molecule has 0 spiro atoms. The van der Waals surface area contributed by atoms with Crippen LogP contribution >= 0.6 is 0 Å². The van der Waals surface area contributed by atoms with Crippen LogP contribution in [0.2, 0.25) is 0 Å². The summed E-state index contributed by atoms with van der Waals surface area (Å²) in [4.78, 5) is 24.4. The SMILES string of the molecule is Cc1cc(C)c(NC(=O)CNC(=O)[C@@H](NS(=O)(=O)c2ccccc2F)C(C)C)c(C)c1. The fourth-order valence-corrected chi connectivity index (χ4v) is 4.65. The molecule has 0 bridgehead atoms. The summed E-state index contributed by atoms with van der Waals surface area (Å²) in [5.74, 6) is -2.47. The van der Waals surface area contributed by atoms with Crippen LogP contribution in [0.1, 0.15) is 30.5 Å². The normalized spacial score (nSPS) is 12.5. The minimum absolute atomic E-state index is 0.337. The summed E-state index contributed by atoms with van der Waals surface area (Å²) >= 11 is 0. The van der Waals surface area contributed by atoms with Crippen molar-refractivity contribution in [2.45, 2.75) is 45.6 Å². The Balaban J connectivity index is 2.06. The van der Waals surface area contributed by atoms with E-state index >= 15 is 0 Å². The molecule has 168 valence electrons. The zero-order chi connectivity index (χ0) is 23.3. The molecule has 0 saturated carbocycles. The Morgan fingerprint density at radius 1 is 1.03 bits per heavy atom. The fourth-order valence-electron chi connectivity index (χ4n) is 3.22. The van der Waals surface area contributed by atoms with Gasteiger partial charge in [0.25, 0.3) is 0 Å². The Morgan fingerprint density at radius 2 is 1.61 bits per heavy atom. The molecular formula is C22H28FN3O4S. The van der Waals surface area contributed by atoms with Gasteiger partial charge in [-0.15, -0.1) is 0 Å². The molecule has 9 heteroatoms. The van der Waals surface area contributed by atoms with Crippen molar-refractivity contribution in [1.82, 2.24) is 10.0 Å². The highest BCUT2D eigenvalue weighted by molar-refractivity contribution is 7.89. The molecule has 3 N–H and O–H groups in total. The van der Waals surface area contributed by atoms with E-state index in [1.807, 2.05) is 32.9 Å². The standard InChI is InChI=1S/C22H28FN3O4S/c1-13(2)20(26-31(29,30)18-9-7-6-8-17(18)23)22(28)24-12-19(27)25-21-15(4)10-14(3)11-16(21)5/h6-11,13,20,26H,12H2,1-5H3,(H,24,28)(H,25,27)/t20-/m0/s1. The molecule has 0 fully saturated rings. The van der Waals surface area contributed by atoms with Crippen LogP contribution in [0.4, 0.5) is 10.1 Å². The van der Waals surface area contributed by atoms with Crippen LogP contribution < -0.4 is 15.4 Å². The van der Waals surface area contributed by atoms with E-state index in [1.165, 1.54) is 12.1 Å². The average Bonchev–Trinajstić information content (AvgIpc) is 2.67. The van der Waals surface area contributed by atoms with E-state index in [9.17, 15) is 22.4 Å². The second-order valence-corrected chi connectivity index (χ2v) is 9.50. The van der Waals surface area contributed by atoms with Gasteiger partial charge < -0.3 is 10.6 Å². The maximum Gasteiger partial charge on any atom is 0.244 e. The van der Waals surface area contributed by atoms with Crippen molar-refractivity contribution in [2.75, 3.05) is 11.9 Å². The molecule has 0 saturated heterocycles. The molecular weight excluding hydrogens is 421 g/mol. The first-order chi connectivity index (χ1) is 14.4. The molecule has 0 heterocycles. The summed E-state index contributed by atoms with van der Waals surface area (Å²) in [5, 5.41) is 5.22. The predicted molar refractivity (Wildman–Crippen MR) is 118 cm³/mol. The minimum Gasteiger partial charge on any atom is -0.346 e. The van der Waals surface area contributed by atoms with Gasteiger partial charge in [-0.2, -0.15) is 4.72 Å². The quantitative estimate of drug-likeness (QED) is 0.576. The number of aryl methyl sites for hydroxylation is 3. The number of nitrogens with one attached hydrogen (secondary N) is 3. The molecule has 0 radical (unpaired) electrons. The Kier molecular flexibility index (Phi) is 7.91. The van der Waals surface area contributed by atoms with Crippen molar-refractivity contribution in [3.05, 3.63) is 58.9 Å². The molecule has 31 heavy (non-hydrogen) atoms. The maximum absolute atomic E-state index is 13.9. The van der Waals surface area contributed by atoms with Gasteiger partial charge in [0.2, 0.25) is 21.8 Å². The molecule has 0 aliphatic carbocycles. The summed E-state index contributed by atoms with van der Waals surface area (Å²) < 4.78 is 41.2. The number of anilines is 1. The van der Waals surface area contributed by atoms with Gasteiger partial charge in [-0.05, 0) is 49.9 Å². The average molecular weight is 450 g/mol. The number of sulfonamides is 1. The Hall–Kier alpha value is -2.78. The molecule has 1 atom stereocenters. The molecule has 0 aromatic heterocycles. The monoisotopic (exact) mass is 449 g/mol. The Labute approximate surface area is 182 Å². The van der Waals surface area contributed by atoms with Crippen LogP contribution in [-0.2, 0) is 19.6 Å². The molecule has 0 unspecified atom stereocenters. The molecule has 2 aromatic rings.